The van der Waals surface area contributed by atoms with E-state index < -0.39 is 6.23 Å². The summed E-state index contributed by atoms with van der Waals surface area (Å²) < 4.78 is 5.11. The molecule has 2 N–H and O–H groups in total. The number of hydrogen-bond acceptors (Lipinski definition) is 4. The highest BCUT2D eigenvalue weighted by molar-refractivity contribution is 5.81. The Morgan fingerprint density at radius 2 is 2.38 bits per heavy atom. The highest BCUT2D eigenvalue weighted by atomic mass is 16.5. The van der Waals surface area contributed by atoms with Crippen molar-refractivity contribution in [3.8, 4) is 5.75 Å². The van der Waals surface area contributed by atoms with E-state index in [0.717, 1.165) is 5.69 Å². The molecule has 4 heteroatoms. The van der Waals surface area contributed by atoms with E-state index in [2.05, 4.69) is 10.3 Å². The monoisotopic (exact) mass is 178 g/mol. The first-order valence-electron chi connectivity index (χ1n) is 3.96. The summed E-state index contributed by atoms with van der Waals surface area (Å²) in [7, 11) is 1.57. The van der Waals surface area contributed by atoms with Gasteiger partial charge < -0.3 is 15.2 Å². The van der Waals surface area contributed by atoms with Crippen molar-refractivity contribution in [2.45, 2.75) is 6.23 Å². The Bertz CT molecular complexity index is 349. The van der Waals surface area contributed by atoms with E-state index in [1.165, 1.54) is 6.34 Å². The average Bonchev–Trinajstić information content (AvgIpc) is 2.17. The molecule has 68 valence electrons. The molecule has 0 bridgehead atoms. The molecule has 1 aromatic rings. The summed E-state index contributed by atoms with van der Waals surface area (Å²) in [5.41, 5.74) is 1.52. The van der Waals surface area contributed by atoms with Crippen molar-refractivity contribution in [2.75, 3.05) is 12.4 Å². The van der Waals surface area contributed by atoms with Crippen LogP contribution in [0.1, 0.15) is 11.8 Å². The van der Waals surface area contributed by atoms with Gasteiger partial charge in [0.2, 0.25) is 0 Å². The van der Waals surface area contributed by atoms with E-state index in [4.69, 9.17) is 4.74 Å². The molecule has 0 saturated carbocycles. The first kappa shape index (κ1) is 8.07. The number of aliphatic hydroxyl groups excluding tert-OH is 1. The zero-order valence-electron chi connectivity index (χ0n) is 7.19. The van der Waals surface area contributed by atoms with Gasteiger partial charge in [-0.15, -0.1) is 0 Å². The van der Waals surface area contributed by atoms with Gasteiger partial charge in [-0.3, -0.25) is 0 Å². The SMILES string of the molecule is COc1cccc2c1C(O)N=CN2. The maximum absolute atomic E-state index is 9.56. The van der Waals surface area contributed by atoms with E-state index in [0.29, 0.717) is 11.3 Å². The van der Waals surface area contributed by atoms with Gasteiger partial charge in [-0.1, -0.05) is 6.07 Å². The van der Waals surface area contributed by atoms with Crippen LogP contribution in [0.4, 0.5) is 5.69 Å². The molecule has 2 rings (SSSR count). The van der Waals surface area contributed by atoms with Crippen LogP contribution in [-0.4, -0.2) is 18.6 Å². The second kappa shape index (κ2) is 3.06. The molecule has 0 radical (unpaired) electrons. The zero-order valence-corrected chi connectivity index (χ0v) is 7.19. The molecule has 13 heavy (non-hydrogen) atoms. The molecule has 0 amide bonds. The molecule has 0 aromatic heterocycles. The van der Waals surface area contributed by atoms with E-state index >= 15 is 0 Å². The number of aliphatic imine (C=N–C) groups is 1. The fourth-order valence-corrected chi connectivity index (χ4v) is 1.37. The lowest BCUT2D eigenvalue weighted by Crippen LogP contribution is -2.10. The minimum Gasteiger partial charge on any atom is -0.496 e. The molecule has 0 saturated heterocycles. The maximum atomic E-state index is 9.56. The first-order chi connectivity index (χ1) is 6.33. The standard InChI is InChI=1S/C9H10N2O2/c1-13-7-4-2-3-6-8(7)9(12)11-5-10-6/h2-5,9,12H,1H3,(H,10,11). The van der Waals surface area contributed by atoms with E-state index in [9.17, 15) is 5.11 Å². The third-order valence-electron chi connectivity index (χ3n) is 1.98. The Kier molecular flexibility index (Phi) is 1.90. The minimum absolute atomic E-state index is 0.648. The van der Waals surface area contributed by atoms with Gasteiger partial charge >= 0.3 is 0 Å². The molecule has 0 aliphatic carbocycles. The molecule has 1 aliphatic heterocycles. The van der Waals surface area contributed by atoms with Crippen molar-refractivity contribution in [1.29, 1.82) is 0 Å². The number of methoxy groups -OCH3 is 1. The van der Waals surface area contributed by atoms with Gasteiger partial charge in [0.05, 0.1) is 24.7 Å². The Labute approximate surface area is 75.9 Å². The van der Waals surface area contributed by atoms with Gasteiger partial charge in [-0.05, 0) is 12.1 Å². The summed E-state index contributed by atoms with van der Waals surface area (Å²) in [6, 6.07) is 5.52. The highest BCUT2D eigenvalue weighted by Crippen LogP contribution is 2.34. The number of benzene rings is 1. The fourth-order valence-electron chi connectivity index (χ4n) is 1.37. The Morgan fingerprint density at radius 3 is 3.15 bits per heavy atom. The quantitative estimate of drug-likeness (QED) is 0.678. The molecule has 1 atom stereocenters. The summed E-state index contributed by atoms with van der Waals surface area (Å²) in [5, 5.41) is 12.5. The van der Waals surface area contributed by atoms with Gasteiger partial charge in [0, 0.05) is 0 Å². The van der Waals surface area contributed by atoms with Crippen LogP contribution in [-0.2, 0) is 0 Å². The average molecular weight is 178 g/mol. The largest absolute Gasteiger partial charge is 0.496 e. The minimum atomic E-state index is -0.826. The second-order valence-corrected chi connectivity index (χ2v) is 2.72. The molecular formula is C9H10N2O2. The third kappa shape index (κ3) is 1.25. The molecular weight excluding hydrogens is 168 g/mol. The van der Waals surface area contributed by atoms with Crippen LogP contribution in [0, 0.1) is 0 Å². The predicted molar refractivity (Wildman–Crippen MR) is 50.1 cm³/mol. The summed E-state index contributed by atoms with van der Waals surface area (Å²) in [4.78, 5) is 3.82. The number of aliphatic hydroxyl groups is 1. The van der Waals surface area contributed by atoms with E-state index in [1.807, 2.05) is 12.1 Å². The van der Waals surface area contributed by atoms with E-state index in [-0.39, 0.29) is 0 Å². The third-order valence-corrected chi connectivity index (χ3v) is 1.98. The van der Waals surface area contributed by atoms with Gasteiger partial charge in [-0.25, -0.2) is 4.99 Å². The molecule has 0 fully saturated rings. The maximum Gasteiger partial charge on any atom is 0.178 e. The normalized spacial score (nSPS) is 19.1. The van der Waals surface area contributed by atoms with Crippen LogP contribution < -0.4 is 10.1 Å². The van der Waals surface area contributed by atoms with Crippen LogP contribution in [0.2, 0.25) is 0 Å². The Morgan fingerprint density at radius 1 is 1.54 bits per heavy atom. The summed E-state index contributed by atoms with van der Waals surface area (Å²) in [6.45, 7) is 0. The molecule has 1 aromatic carbocycles. The van der Waals surface area contributed by atoms with Gasteiger partial charge in [0.15, 0.2) is 6.23 Å². The van der Waals surface area contributed by atoms with Crippen molar-refractivity contribution < 1.29 is 9.84 Å². The van der Waals surface area contributed by atoms with Gasteiger partial charge in [-0.2, -0.15) is 0 Å². The topological polar surface area (TPSA) is 53.9 Å². The number of nitrogens with zero attached hydrogens (tertiary/aromatic N) is 1. The highest BCUT2D eigenvalue weighted by Gasteiger charge is 2.18. The number of rotatable bonds is 1. The second-order valence-electron chi connectivity index (χ2n) is 2.72. The van der Waals surface area contributed by atoms with Crippen molar-refractivity contribution in [1.82, 2.24) is 0 Å². The molecule has 0 spiro atoms. The van der Waals surface area contributed by atoms with Crippen molar-refractivity contribution in [3.63, 3.8) is 0 Å². The van der Waals surface area contributed by atoms with Crippen molar-refractivity contribution >= 4 is 12.0 Å². The van der Waals surface area contributed by atoms with Crippen LogP contribution in [0.25, 0.3) is 0 Å². The summed E-state index contributed by atoms with van der Waals surface area (Å²) >= 11 is 0. The summed E-state index contributed by atoms with van der Waals surface area (Å²) in [6.07, 6.45) is 0.652. The van der Waals surface area contributed by atoms with Crippen LogP contribution in [0.5, 0.6) is 5.75 Å². The lowest BCUT2D eigenvalue weighted by molar-refractivity contribution is 0.184. The summed E-state index contributed by atoms with van der Waals surface area (Å²) in [5.74, 6) is 0.648. The smallest absolute Gasteiger partial charge is 0.178 e. The van der Waals surface area contributed by atoms with Crippen LogP contribution in [0.3, 0.4) is 0 Å². The Balaban J connectivity index is 2.54. The number of anilines is 1. The zero-order chi connectivity index (χ0) is 9.26. The fraction of sp³-hybridized carbons (Fsp3) is 0.222. The Hall–Kier alpha value is -1.55. The van der Waals surface area contributed by atoms with Crippen LogP contribution in [0.15, 0.2) is 23.2 Å². The lowest BCUT2D eigenvalue weighted by atomic mass is 10.1. The number of fused-ring (bicyclic) bond motifs is 1. The molecule has 1 aliphatic rings. The van der Waals surface area contributed by atoms with Gasteiger partial charge in [0.1, 0.15) is 5.75 Å². The van der Waals surface area contributed by atoms with Crippen molar-refractivity contribution in [3.05, 3.63) is 23.8 Å². The molecule has 4 nitrogen and oxygen atoms in total. The first-order valence-corrected chi connectivity index (χ1v) is 3.96. The number of ether oxygens (including phenoxy) is 1. The van der Waals surface area contributed by atoms with Crippen LogP contribution >= 0.6 is 0 Å². The number of nitrogens with one attached hydrogen (secondary N) is 1. The predicted octanol–water partition coefficient (Wildman–Crippen LogP) is 1.14. The molecule has 1 heterocycles. The van der Waals surface area contributed by atoms with Crippen molar-refractivity contribution in [2.24, 2.45) is 4.99 Å². The van der Waals surface area contributed by atoms with Gasteiger partial charge in [0.25, 0.3) is 0 Å². The van der Waals surface area contributed by atoms with E-state index in [1.54, 1.807) is 13.2 Å². The lowest BCUT2D eigenvalue weighted by Gasteiger charge is -2.19. The molecule has 1 unspecified atom stereocenters. The number of hydrogen-bond donors (Lipinski definition) is 2.